The molecule has 0 fully saturated rings. The molecule has 0 aliphatic carbocycles. The molecule has 1 heterocycles. The summed E-state index contributed by atoms with van der Waals surface area (Å²) in [5.74, 6) is 5.72. The summed E-state index contributed by atoms with van der Waals surface area (Å²) in [6, 6.07) is 18.6. The number of aryl methyl sites for hydroxylation is 1. The lowest BCUT2D eigenvalue weighted by atomic mass is 10.00. The molecular weight excluding hydrogens is 280 g/mol. The number of hydrazine groups is 1. The van der Waals surface area contributed by atoms with Gasteiger partial charge in [0.25, 0.3) is 0 Å². The highest BCUT2D eigenvalue weighted by Crippen LogP contribution is 2.28. The number of hydrogen-bond acceptors (Lipinski definition) is 5. The van der Waals surface area contributed by atoms with Crippen LogP contribution in [-0.2, 0) is 0 Å². The van der Waals surface area contributed by atoms with Gasteiger partial charge >= 0.3 is 0 Å². The number of hydrogen-bond donors (Lipinski definition) is 2. The van der Waals surface area contributed by atoms with Gasteiger partial charge in [-0.3, -0.25) is 5.84 Å². The van der Waals surface area contributed by atoms with Crippen LogP contribution in [0, 0.1) is 6.92 Å². The molecule has 0 bridgehead atoms. The molecule has 0 aliphatic rings. The second kappa shape index (κ2) is 6.13. The summed E-state index contributed by atoms with van der Waals surface area (Å²) < 4.78 is 3.98. The van der Waals surface area contributed by atoms with Crippen molar-refractivity contribution in [3.05, 3.63) is 70.7 Å². The van der Waals surface area contributed by atoms with E-state index in [2.05, 4.69) is 51.4 Å². The standard InChI is InChI=1S/C16H16N4S/c1-11-16(21-20-19-11)15(18-17)14-9-7-13(8-10-14)12-5-3-2-4-6-12/h2-10,15,18H,17H2,1H3. The lowest BCUT2D eigenvalue weighted by molar-refractivity contribution is 0.642. The predicted molar refractivity (Wildman–Crippen MR) is 85.7 cm³/mol. The van der Waals surface area contributed by atoms with E-state index in [1.807, 2.05) is 25.1 Å². The molecular formula is C16H16N4S. The first-order chi connectivity index (χ1) is 10.3. The summed E-state index contributed by atoms with van der Waals surface area (Å²) in [6.07, 6.45) is 0. The first kappa shape index (κ1) is 13.9. The first-order valence-electron chi connectivity index (χ1n) is 6.70. The highest BCUT2D eigenvalue weighted by atomic mass is 32.1. The van der Waals surface area contributed by atoms with Crippen LogP contribution in [0.25, 0.3) is 11.1 Å². The number of nitrogens with one attached hydrogen (secondary N) is 1. The summed E-state index contributed by atoms with van der Waals surface area (Å²) >= 11 is 1.37. The average Bonchev–Trinajstić information content (AvgIpc) is 2.96. The third-order valence-electron chi connectivity index (χ3n) is 3.47. The Bertz CT molecular complexity index is 707. The van der Waals surface area contributed by atoms with E-state index < -0.39 is 0 Å². The zero-order valence-electron chi connectivity index (χ0n) is 11.7. The van der Waals surface area contributed by atoms with Gasteiger partial charge in [0.15, 0.2) is 0 Å². The molecule has 0 saturated carbocycles. The van der Waals surface area contributed by atoms with E-state index in [0.717, 1.165) is 16.1 Å². The van der Waals surface area contributed by atoms with Crippen molar-refractivity contribution < 1.29 is 0 Å². The van der Waals surface area contributed by atoms with E-state index >= 15 is 0 Å². The highest BCUT2D eigenvalue weighted by molar-refractivity contribution is 7.05. The third kappa shape index (κ3) is 2.85. The van der Waals surface area contributed by atoms with Gasteiger partial charge in [-0.2, -0.15) is 0 Å². The maximum Gasteiger partial charge on any atom is 0.0837 e. The second-order valence-corrected chi connectivity index (χ2v) is 5.60. The van der Waals surface area contributed by atoms with Crippen molar-refractivity contribution >= 4 is 11.5 Å². The predicted octanol–water partition coefficient (Wildman–Crippen LogP) is 3.07. The lowest BCUT2D eigenvalue weighted by Gasteiger charge is -2.15. The van der Waals surface area contributed by atoms with E-state index in [9.17, 15) is 0 Å². The average molecular weight is 296 g/mol. The fraction of sp³-hybridized carbons (Fsp3) is 0.125. The molecule has 0 radical (unpaired) electrons. The SMILES string of the molecule is Cc1nnsc1C(NN)c1ccc(-c2ccccc2)cc1. The van der Waals surface area contributed by atoms with Crippen molar-refractivity contribution in [1.82, 2.24) is 15.0 Å². The van der Waals surface area contributed by atoms with Crippen LogP contribution >= 0.6 is 11.5 Å². The van der Waals surface area contributed by atoms with E-state index in [1.165, 1.54) is 22.7 Å². The van der Waals surface area contributed by atoms with Crippen molar-refractivity contribution in [2.45, 2.75) is 13.0 Å². The van der Waals surface area contributed by atoms with Crippen LogP contribution in [0.1, 0.15) is 22.2 Å². The molecule has 0 saturated heterocycles. The Morgan fingerprint density at radius 2 is 1.67 bits per heavy atom. The van der Waals surface area contributed by atoms with Gasteiger partial charge in [0.1, 0.15) is 0 Å². The molecule has 4 nitrogen and oxygen atoms in total. The molecule has 2 aromatic carbocycles. The number of rotatable bonds is 4. The molecule has 1 aromatic heterocycles. The van der Waals surface area contributed by atoms with Gasteiger partial charge in [0.05, 0.1) is 16.6 Å². The molecule has 3 aromatic rings. The van der Waals surface area contributed by atoms with Gasteiger partial charge in [0.2, 0.25) is 0 Å². The Hall–Kier alpha value is -2.08. The van der Waals surface area contributed by atoms with Gasteiger partial charge < -0.3 is 0 Å². The smallest absolute Gasteiger partial charge is 0.0837 e. The third-order valence-corrected chi connectivity index (χ3v) is 4.36. The quantitative estimate of drug-likeness (QED) is 0.574. The Balaban J connectivity index is 1.91. The fourth-order valence-corrected chi connectivity index (χ4v) is 3.06. The summed E-state index contributed by atoms with van der Waals surface area (Å²) in [7, 11) is 0. The van der Waals surface area contributed by atoms with Crippen LogP contribution in [0.4, 0.5) is 0 Å². The minimum atomic E-state index is -0.0742. The number of nitrogens with two attached hydrogens (primary N) is 1. The monoisotopic (exact) mass is 296 g/mol. The zero-order chi connectivity index (χ0) is 14.7. The van der Waals surface area contributed by atoms with E-state index in [4.69, 9.17) is 5.84 Å². The largest absolute Gasteiger partial charge is 0.271 e. The van der Waals surface area contributed by atoms with Crippen LogP contribution in [0.15, 0.2) is 54.6 Å². The van der Waals surface area contributed by atoms with Crippen LogP contribution in [0.3, 0.4) is 0 Å². The molecule has 1 unspecified atom stereocenters. The zero-order valence-corrected chi connectivity index (χ0v) is 12.5. The van der Waals surface area contributed by atoms with Crippen LogP contribution in [0.2, 0.25) is 0 Å². The van der Waals surface area contributed by atoms with Gasteiger partial charge in [-0.15, -0.1) is 5.10 Å². The Kier molecular flexibility index (Phi) is 4.06. The van der Waals surface area contributed by atoms with Gasteiger partial charge in [0, 0.05) is 0 Å². The molecule has 0 amide bonds. The molecule has 0 spiro atoms. The van der Waals surface area contributed by atoms with Gasteiger partial charge in [-0.1, -0.05) is 59.1 Å². The van der Waals surface area contributed by atoms with Crippen LogP contribution in [0.5, 0.6) is 0 Å². The number of aromatic nitrogens is 2. The molecule has 21 heavy (non-hydrogen) atoms. The van der Waals surface area contributed by atoms with Gasteiger partial charge in [-0.05, 0) is 35.1 Å². The van der Waals surface area contributed by atoms with Crippen molar-refractivity contribution in [3.8, 4) is 11.1 Å². The Morgan fingerprint density at radius 3 is 2.24 bits per heavy atom. The van der Waals surface area contributed by atoms with Crippen molar-refractivity contribution in [2.75, 3.05) is 0 Å². The summed E-state index contributed by atoms with van der Waals surface area (Å²) in [5, 5.41) is 4.05. The maximum atomic E-state index is 5.72. The van der Waals surface area contributed by atoms with Crippen molar-refractivity contribution in [3.63, 3.8) is 0 Å². The summed E-state index contributed by atoms with van der Waals surface area (Å²) in [5.41, 5.74) is 7.26. The normalized spacial score (nSPS) is 12.3. The highest BCUT2D eigenvalue weighted by Gasteiger charge is 2.17. The molecule has 5 heteroatoms. The topological polar surface area (TPSA) is 63.8 Å². The van der Waals surface area contributed by atoms with Crippen LogP contribution in [-0.4, -0.2) is 9.59 Å². The summed E-state index contributed by atoms with van der Waals surface area (Å²) in [4.78, 5) is 1.05. The molecule has 1 atom stereocenters. The molecule has 3 N–H and O–H groups in total. The Morgan fingerprint density at radius 1 is 1.00 bits per heavy atom. The second-order valence-electron chi connectivity index (χ2n) is 4.81. The van der Waals surface area contributed by atoms with Crippen molar-refractivity contribution in [2.24, 2.45) is 5.84 Å². The van der Waals surface area contributed by atoms with E-state index in [-0.39, 0.29) is 6.04 Å². The van der Waals surface area contributed by atoms with E-state index in [1.54, 1.807) is 0 Å². The minimum absolute atomic E-state index is 0.0742. The minimum Gasteiger partial charge on any atom is -0.271 e. The van der Waals surface area contributed by atoms with Gasteiger partial charge in [-0.25, -0.2) is 5.43 Å². The Labute approximate surface area is 127 Å². The van der Waals surface area contributed by atoms with Crippen molar-refractivity contribution in [1.29, 1.82) is 0 Å². The van der Waals surface area contributed by atoms with E-state index in [0.29, 0.717) is 0 Å². The molecule has 0 aliphatic heterocycles. The van der Waals surface area contributed by atoms with Crippen LogP contribution < -0.4 is 11.3 Å². The first-order valence-corrected chi connectivity index (χ1v) is 7.47. The summed E-state index contributed by atoms with van der Waals surface area (Å²) in [6.45, 7) is 1.95. The number of benzene rings is 2. The molecule has 106 valence electrons. The fourth-order valence-electron chi connectivity index (χ4n) is 2.32. The lowest BCUT2D eigenvalue weighted by Crippen LogP contribution is -2.28. The molecule has 3 rings (SSSR count). The number of nitrogens with zero attached hydrogens (tertiary/aromatic N) is 2. The maximum absolute atomic E-state index is 5.72.